The molecule has 8 heteroatoms. The Balaban J connectivity index is 1.50. The number of fused-ring (bicyclic) bond motifs is 1. The first-order chi connectivity index (χ1) is 15.6. The lowest BCUT2D eigenvalue weighted by Gasteiger charge is -2.10. The van der Waals surface area contributed by atoms with Crippen LogP contribution in [0.1, 0.15) is 23.7 Å². The number of benzene rings is 2. The molecule has 4 rings (SSSR count). The minimum Gasteiger partial charge on any atom is -0.497 e. The minimum absolute atomic E-state index is 0.0176. The first-order valence-electron chi connectivity index (χ1n) is 10.5. The maximum Gasteiger partial charge on any atom is 0.251 e. The Kier molecular flexibility index (Phi) is 6.51. The number of aromatic nitrogens is 2. The molecule has 2 N–H and O–H groups in total. The summed E-state index contributed by atoms with van der Waals surface area (Å²) < 4.78 is 12.2. The van der Waals surface area contributed by atoms with Crippen LogP contribution in [0, 0.1) is 0 Å². The Morgan fingerprint density at radius 2 is 1.88 bits per heavy atom. The van der Waals surface area contributed by atoms with Crippen molar-refractivity contribution in [2.75, 3.05) is 26.1 Å². The van der Waals surface area contributed by atoms with Gasteiger partial charge in [0.05, 0.1) is 25.8 Å². The van der Waals surface area contributed by atoms with Crippen molar-refractivity contribution in [3.63, 3.8) is 0 Å². The van der Waals surface area contributed by atoms with Gasteiger partial charge in [0.25, 0.3) is 5.91 Å². The summed E-state index contributed by atoms with van der Waals surface area (Å²) in [6.07, 6.45) is 0.750. The van der Waals surface area contributed by atoms with Crippen LogP contribution in [0.3, 0.4) is 0 Å². The van der Waals surface area contributed by atoms with Crippen LogP contribution in [0.25, 0.3) is 11.1 Å². The largest absolute Gasteiger partial charge is 0.497 e. The molecule has 1 aromatic heterocycles. The van der Waals surface area contributed by atoms with Crippen molar-refractivity contribution in [1.82, 2.24) is 15.1 Å². The molecule has 3 aromatic rings. The molecule has 0 radical (unpaired) electrons. The molecule has 0 aliphatic carbocycles. The van der Waals surface area contributed by atoms with E-state index in [1.807, 2.05) is 54.6 Å². The topological polar surface area (TPSA) is 94.5 Å². The van der Waals surface area contributed by atoms with Crippen LogP contribution in [-0.4, -0.2) is 42.4 Å². The first kappa shape index (κ1) is 21.6. The molecule has 1 aliphatic heterocycles. The second-order valence-electron chi connectivity index (χ2n) is 7.57. The van der Waals surface area contributed by atoms with Crippen molar-refractivity contribution in [3.05, 3.63) is 65.9 Å². The lowest BCUT2D eigenvalue weighted by atomic mass is 10.1. The van der Waals surface area contributed by atoms with E-state index in [0.717, 1.165) is 28.9 Å². The smallest absolute Gasteiger partial charge is 0.251 e. The maximum atomic E-state index is 12.7. The highest BCUT2D eigenvalue weighted by Gasteiger charge is 2.37. The van der Waals surface area contributed by atoms with Crippen LogP contribution in [-0.2, 0) is 27.4 Å². The molecule has 1 unspecified atom stereocenters. The quantitative estimate of drug-likeness (QED) is 0.540. The van der Waals surface area contributed by atoms with Crippen LogP contribution < -0.4 is 15.4 Å². The van der Waals surface area contributed by atoms with Crippen molar-refractivity contribution in [2.24, 2.45) is 0 Å². The van der Waals surface area contributed by atoms with Gasteiger partial charge in [-0.15, -0.1) is 0 Å². The molecule has 0 saturated carbocycles. The molecule has 2 heterocycles. The number of anilines is 1. The van der Waals surface area contributed by atoms with Crippen LogP contribution in [0.15, 0.2) is 54.6 Å². The summed E-state index contributed by atoms with van der Waals surface area (Å²) >= 11 is 0. The van der Waals surface area contributed by atoms with E-state index in [1.165, 1.54) is 0 Å². The fourth-order valence-corrected chi connectivity index (χ4v) is 3.85. The number of carbonyl (C=O) groups excluding carboxylic acids is 2. The number of hydrogen-bond acceptors (Lipinski definition) is 5. The van der Waals surface area contributed by atoms with Gasteiger partial charge in [-0.1, -0.05) is 42.5 Å². The van der Waals surface area contributed by atoms with Crippen LogP contribution in [0.4, 0.5) is 5.82 Å². The summed E-state index contributed by atoms with van der Waals surface area (Å²) in [6, 6.07) is 16.8. The molecular formula is C24H26N4O4. The second kappa shape index (κ2) is 9.65. The summed E-state index contributed by atoms with van der Waals surface area (Å²) in [4.78, 5) is 25.2. The number of nitrogens with one attached hydrogen (secondary N) is 2. The Bertz CT molecular complexity index is 1090. The molecule has 2 amide bonds. The molecule has 166 valence electrons. The van der Waals surface area contributed by atoms with Gasteiger partial charge in [0.2, 0.25) is 5.91 Å². The third kappa shape index (κ3) is 4.50. The predicted molar refractivity (Wildman–Crippen MR) is 120 cm³/mol. The van der Waals surface area contributed by atoms with E-state index in [9.17, 15) is 9.59 Å². The van der Waals surface area contributed by atoms with E-state index in [-0.39, 0.29) is 24.8 Å². The van der Waals surface area contributed by atoms with E-state index < -0.39 is 6.04 Å². The Morgan fingerprint density at radius 1 is 1.12 bits per heavy atom. The molecule has 32 heavy (non-hydrogen) atoms. The number of ether oxygens (including phenoxy) is 2. The lowest BCUT2D eigenvalue weighted by molar-refractivity contribution is -0.126. The number of amides is 2. The van der Waals surface area contributed by atoms with Gasteiger partial charge in [-0.2, -0.15) is 5.10 Å². The van der Waals surface area contributed by atoms with Crippen LogP contribution in [0.2, 0.25) is 0 Å². The summed E-state index contributed by atoms with van der Waals surface area (Å²) in [7, 11) is 3.21. The molecule has 0 bridgehead atoms. The molecule has 1 atom stereocenters. The van der Waals surface area contributed by atoms with E-state index in [1.54, 1.807) is 18.9 Å². The van der Waals surface area contributed by atoms with Crippen LogP contribution >= 0.6 is 0 Å². The lowest BCUT2D eigenvalue weighted by Crippen LogP contribution is -2.30. The minimum atomic E-state index is -0.704. The second-order valence-corrected chi connectivity index (χ2v) is 7.57. The average molecular weight is 434 g/mol. The highest BCUT2D eigenvalue weighted by atomic mass is 16.5. The third-order valence-corrected chi connectivity index (χ3v) is 5.44. The van der Waals surface area contributed by atoms with Gasteiger partial charge in [-0.25, -0.2) is 4.68 Å². The van der Waals surface area contributed by atoms with Crippen molar-refractivity contribution >= 4 is 17.6 Å². The standard InChI is InChI=1S/C24H26N4O4/c1-31-15-19-22(17-8-10-18(32-2)11-9-17)23-26-24(30)20(28(23)27-19)14-21(29)25-13-12-16-6-4-3-5-7-16/h3-11,20H,12-15H2,1-2H3,(H,25,29)(H,26,30). The Hall–Kier alpha value is -3.65. The zero-order valence-electron chi connectivity index (χ0n) is 18.1. The summed E-state index contributed by atoms with van der Waals surface area (Å²) in [6.45, 7) is 0.794. The molecule has 8 nitrogen and oxygen atoms in total. The van der Waals surface area contributed by atoms with Crippen molar-refractivity contribution in [2.45, 2.75) is 25.5 Å². The molecule has 0 spiro atoms. The van der Waals surface area contributed by atoms with Gasteiger partial charge in [0.1, 0.15) is 17.6 Å². The average Bonchev–Trinajstić information content (AvgIpc) is 3.29. The maximum absolute atomic E-state index is 12.7. The zero-order chi connectivity index (χ0) is 22.5. The monoisotopic (exact) mass is 434 g/mol. The van der Waals surface area contributed by atoms with Crippen molar-refractivity contribution < 1.29 is 19.1 Å². The molecule has 2 aromatic carbocycles. The highest BCUT2D eigenvalue weighted by Crippen LogP contribution is 2.39. The number of nitrogens with zero attached hydrogens (tertiary/aromatic N) is 2. The zero-order valence-corrected chi connectivity index (χ0v) is 18.1. The molecular weight excluding hydrogens is 408 g/mol. The van der Waals surface area contributed by atoms with E-state index in [2.05, 4.69) is 15.7 Å². The van der Waals surface area contributed by atoms with Crippen LogP contribution in [0.5, 0.6) is 5.75 Å². The first-order valence-corrected chi connectivity index (χ1v) is 10.5. The van der Waals surface area contributed by atoms with Gasteiger partial charge < -0.3 is 20.1 Å². The van der Waals surface area contributed by atoms with Gasteiger partial charge in [-0.3, -0.25) is 9.59 Å². The number of hydrogen-bond donors (Lipinski definition) is 2. The van der Waals surface area contributed by atoms with Gasteiger partial charge in [0, 0.05) is 19.2 Å². The fraction of sp³-hybridized carbons (Fsp3) is 0.292. The molecule has 1 aliphatic rings. The number of methoxy groups -OCH3 is 2. The molecule has 0 saturated heterocycles. The fourth-order valence-electron chi connectivity index (χ4n) is 3.85. The van der Waals surface area contributed by atoms with Gasteiger partial charge in [0.15, 0.2) is 0 Å². The SMILES string of the molecule is COCc1nn2c(c1-c1ccc(OC)cc1)NC(=O)C2CC(=O)NCCc1ccccc1. The third-order valence-electron chi connectivity index (χ3n) is 5.44. The summed E-state index contributed by atoms with van der Waals surface area (Å²) in [5.74, 6) is 0.877. The predicted octanol–water partition coefficient (Wildman–Crippen LogP) is 2.95. The Morgan fingerprint density at radius 3 is 2.56 bits per heavy atom. The van der Waals surface area contributed by atoms with E-state index in [4.69, 9.17) is 9.47 Å². The van der Waals surface area contributed by atoms with E-state index in [0.29, 0.717) is 18.1 Å². The van der Waals surface area contributed by atoms with Gasteiger partial charge >= 0.3 is 0 Å². The van der Waals surface area contributed by atoms with Crippen molar-refractivity contribution in [3.8, 4) is 16.9 Å². The van der Waals surface area contributed by atoms with Crippen molar-refractivity contribution in [1.29, 1.82) is 0 Å². The summed E-state index contributed by atoms with van der Waals surface area (Å²) in [5, 5.41) is 10.4. The Labute approximate surface area is 186 Å². The molecule has 0 fully saturated rings. The number of carbonyl (C=O) groups is 2. The summed E-state index contributed by atoms with van der Waals surface area (Å²) in [5.41, 5.74) is 3.51. The highest BCUT2D eigenvalue weighted by molar-refractivity contribution is 6.03. The number of rotatable bonds is 9. The van der Waals surface area contributed by atoms with Gasteiger partial charge in [-0.05, 0) is 29.7 Å². The normalized spacial score (nSPS) is 14.7. The van der Waals surface area contributed by atoms with E-state index >= 15 is 0 Å².